The molecule has 68 valence electrons. The van der Waals surface area contributed by atoms with Crippen LogP contribution in [0.25, 0.3) is 10.1 Å². The van der Waals surface area contributed by atoms with Gasteiger partial charge >= 0.3 is 0 Å². The molecule has 2 aromatic rings. The molecule has 0 amide bonds. The van der Waals surface area contributed by atoms with Crippen molar-refractivity contribution in [1.29, 1.82) is 0 Å². The number of hydrogen-bond acceptors (Lipinski definition) is 2. The SMILES string of the molecule is COc1c(F)ccc2scc(C)c12. The van der Waals surface area contributed by atoms with Gasteiger partial charge in [-0.15, -0.1) is 11.3 Å². The first-order chi connectivity index (χ1) is 6.24. The van der Waals surface area contributed by atoms with Crippen LogP contribution in [0, 0.1) is 12.7 Å². The number of thiophene rings is 1. The molecule has 0 aliphatic rings. The molecule has 3 heteroatoms. The van der Waals surface area contributed by atoms with Gasteiger partial charge < -0.3 is 4.74 Å². The highest BCUT2D eigenvalue weighted by Crippen LogP contribution is 2.35. The molecule has 2 rings (SSSR count). The van der Waals surface area contributed by atoms with Crippen molar-refractivity contribution in [2.75, 3.05) is 7.11 Å². The van der Waals surface area contributed by atoms with Crippen LogP contribution in [0.4, 0.5) is 4.39 Å². The van der Waals surface area contributed by atoms with Gasteiger partial charge in [0.1, 0.15) is 0 Å². The van der Waals surface area contributed by atoms with Crippen molar-refractivity contribution in [1.82, 2.24) is 0 Å². The highest BCUT2D eigenvalue weighted by atomic mass is 32.1. The van der Waals surface area contributed by atoms with E-state index in [-0.39, 0.29) is 5.82 Å². The fourth-order valence-electron chi connectivity index (χ4n) is 1.42. The summed E-state index contributed by atoms with van der Waals surface area (Å²) < 4.78 is 19.4. The van der Waals surface area contributed by atoms with Crippen molar-refractivity contribution in [3.63, 3.8) is 0 Å². The van der Waals surface area contributed by atoms with E-state index >= 15 is 0 Å². The van der Waals surface area contributed by atoms with Crippen molar-refractivity contribution >= 4 is 21.4 Å². The van der Waals surface area contributed by atoms with E-state index in [1.54, 1.807) is 17.4 Å². The molecular weight excluding hydrogens is 187 g/mol. The standard InChI is InChI=1S/C10H9FOS/c1-6-5-13-8-4-3-7(11)10(12-2)9(6)8/h3-5H,1-2H3. The predicted molar refractivity (Wildman–Crippen MR) is 53.1 cm³/mol. The first-order valence-electron chi connectivity index (χ1n) is 3.94. The predicted octanol–water partition coefficient (Wildman–Crippen LogP) is 3.36. The average molecular weight is 196 g/mol. The third-order valence-electron chi connectivity index (χ3n) is 2.03. The number of aryl methyl sites for hydroxylation is 1. The normalized spacial score (nSPS) is 10.7. The number of rotatable bonds is 1. The Morgan fingerprint density at radius 2 is 2.15 bits per heavy atom. The molecule has 1 aromatic heterocycles. The zero-order valence-corrected chi connectivity index (χ0v) is 8.24. The molecule has 0 saturated heterocycles. The molecule has 0 unspecified atom stereocenters. The molecule has 1 nitrogen and oxygen atoms in total. The largest absolute Gasteiger partial charge is 0.493 e. The molecule has 0 atom stereocenters. The van der Waals surface area contributed by atoms with Gasteiger partial charge in [0.25, 0.3) is 0 Å². The zero-order valence-electron chi connectivity index (χ0n) is 7.43. The summed E-state index contributed by atoms with van der Waals surface area (Å²) in [5.41, 5.74) is 1.07. The molecule has 0 fully saturated rings. The van der Waals surface area contributed by atoms with E-state index < -0.39 is 0 Å². The Bertz CT molecular complexity index is 447. The first-order valence-corrected chi connectivity index (χ1v) is 4.82. The van der Waals surface area contributed by atoms with Gasteiger partial charge in [0.05, 0.1) is 7.11 Å². The summed E-state index contributed by atoms with van der Waals surface area (Å²) in [6.07, 6.45) is 0. The Morgan fingerprint density at radius 3 is 2.85 bits per heavy atom. The minimum absolute atomic E-state index is 0.295. The molecule has 0 saturated carbocycles. The second-order valence-corrected chi connectivity index (χ2v) is 3.78. The van der Waals surface area contributed by atoms with Gasteiger partial charge in [0.2, 0.25) is 0 Å². The fraction of sp³-hybridized carbons (Fsp3) is 0.200. The van der Waals surface area contributed by atoms with E-state index in [9.17, 15) is 4.39 Å². The van der Waals surface area contributed by atoms with Crippen molar-refractivity contribution in [3.8, 4) is 5.75 Å². The number of hydrogen-bond donors (Lipinski definition) is 0. The Labute approximate surface area is 79.8 Å². The van der Waals surface area contributed by atoms with Crippen molar-refractivity contribution in [2.45, 2.75) is 6.92 Å². The van der Waals surface area contributed by atoms with Crippen molar-refractivity contribution in [3.05, 3.63) is 28.9 Å². The molecule has 13 heavy (non-hydrogen) atoms. The van der Waals surface area contributed by atoms with Crippen molar-refractivity contribution < 1.29 is 9.13 Å². The summed E-state index contributed by atoms with van der Waals surface area (Å²) in [6.45, 7) is 1.96. The number of fused-ring (bicyclic) bond motifs is 1. The van der Waals surface area contributed by atoms with E-state index in [1.165, 1.54) is 13.2 Å². The van der Waals surface area contributed by atoms with Crippen LogP contribution in [-0.2, 0) is 0 Å². The van der Waals surface area contributed by atoms with E-state index in [4.69, 9.17) is 4.74 Å². The van der Waals surface area contributed by atoms with Crippen LogP contribution in [0.2, 0.25) is 0 Å². The lowest BCUT2D eigenvalue weighted by Gasteiger charge is -2.03. The highest BCUT2D eigenvalue weighted by molar-refractivity contribution is 7.17. The van der Waals surface area contributed by atoms with E-state index in [1.807, 2.05) is 12.3 Å². The lowest BCUT2D eigenvalue weighted by Crippen LogP contribution is -1.88. The van der Waals surface area contributed by atoms with Gasteiger partial charge in [0, 0.05) is 10.1 Å². The van der Waals surface area contributed by atoms with Crippen LogP contribution in [0.3, 0.4) is 0 Å². The van der Waals surface area contributed by atoms with E-state index in [2.05, 4.69) is 0 Å². The van der Waals surface area contributed by atoms with Crippen LogP contribution in [-0.4, -0.2) is 7.11 Å². The van der Waals surface area contributed by atoms with Gasteiger partial charge in [-0.25, -0.2) is 4.39 Å². The summed E-state index contributed by atoms with van der Waals surface area (Å²) >= 11 is 1.61. The molecule has 0 radical (unpaired) electrons. The maximum atomic E-state index is 13.3. The molecule has 0 bridgehead atoms. The van der Waals surface area contributed by atoms with Crippen molar-refractivity contribution in [2.24, 2.45) is 0 Å². The zero-order chi connectivity index (χ0) is 9.42. The lowest BCUT2D eigenvalue weighted by molar-refractivity contribution is 0.392. The maximum Gasteiger partial charge on any atom is 0.165 e. The summed E-state index contributed by atoms with van der Waals surface area (Å²) in [6, 6.07) is 3.22. The molecular formula is C10H9FOS. The van der Waals surface area contributed by atoms with Gasteiger partial charge in [-0.1, -0.05) is 0 Å². The summed E-state index contributed by atoms with van der Waals surface area (Å²) in [5.74, 6) is 0.0627. The monoisotopic (exact) mass is 196 g/mol. The summed E-state index contributed by atoms with van der Waals surface area (Å²) in [7, 11) is 1.50. The Balaban J connectivity index is 2.88. The number of methoxy groups -OCH3 is 1. The molecule has 0 spiro atoms. The average Bonchev–Trinajstić information content (AvgIpc) is 2.49. The highest BCUT2D eigenvalue weighted by Gasteiger charge is 2.10. The quantitative estimate of drug-likeness (QED) is 0.679. The molecule has 0 N–H and O–H groups in total. The smallest absolute Gasteiger partial charge is 0.165 e. The van der Waals surface area contributed by atoms with Gasteiger partial charge in [-0.2, -0.15) is 0 Å². The maximum absolute atomic E-state index is 13.3. The topological polar surface area (TPSA) is 9.23 Å². The Kier molecular flexibility index (Phi) is 1.96. The third kappa shape index (κ3) is 1.20. The van der Waals surface area contributed by atoms with Crippen LogP contribution in [0.1, 0.15) is 5.56 Å². The Morgan fingerprint density at radius 1 is 1.38 bits per heavy atom. The van der Waals surface area contributed by atoms with Gasteiger partial charge in [-0.3, -0.25) is 0 Å². The fourth-order valence-corrected chi connectivity index (χ4v) is 2.36. The summed E-state index contributed by atoms with van der Waals surface area (Å²) in [4.78, 5) is 0. The number of benzene rings is 1. The molecule has 1 heterocycles. The first kappa shape index (κ1) is 8.51. The molecule has 1 aromatic carbocycles. The van der Waals surface area contributed by atoms with Gasteiger partial charge in [-0.05, 0) is 30.0 Å². The second-order valence-electron chi connectivity index (χ2n) is 2.87. The number of ether oxygens (including phenoxy) is 1. The van der Waals surface area contributed by atoms with Gasteiger partial charge in [0.15, 0.2) is 11.6 Å². The summed E-state index contributed by atoms with van der Waals surface area (Å²) in [5, 5.41) is 2.90. The third-order valence-corrected chi connectivity index (χ3v) is 3.10. The number of halogens is 1. The minimum Gasteiger partial charge on any atom is -0.493 e. The van der Waals surface area contributed by atoms with E-state index in [0.717, 1.165) is 15.6 Å². The van der Waals surface area contributed by atoms with Crippen LogP contribution >= 0.6 is 11.3 Å². The molecule has 0 aliphatic heterocycles. The van der Waals surface area contributed by atoms with Crippen LogP contribution in [0.5, 0.6) is 5.75 Å². The van der Waals surface area contributed by atoms with E-state index in [0.29, 0.717) is 5.75 Å². The minimum atomic E-state index is -0.295. The van der Waals surface area contributed by atoms with Crippen LogP contribution in [0.15, 0.2) is 17.5 Å². The lowest BCUT2D eigenvalue weighted by atomic mass is 10.2. The van der Waals surface area contributed by atoms with Crippen LogP contribution < -0.4 is 4.74 Å². The Hall–Kier alpha value is -1.09. The second kappa shape index (κ2) is 3.00. The molecule has 0 aliphatic carbocycles.